The number of hydrogen-bond acceptors (Lipinski definition) is 1. The predicted octanol–water partition coefficient (Wildman–Crippen LogP) is 3.07. The van der Waals surface area contributed by atoms with E-state index in [0.29, 0.717) is 5.57 Å². The number of halogens is 1. The molecule has 1 aromatic carbocycles. The summed E-state index contributed by atoms with van der Waals surface area (Å²) in [5.74, 6) is -0.890. The number of carboxylic acid groups (broad SMARTS) is 1. The van der Waals surface area contributed by atoms with Crippen molar-refractivity contribution in [3.05, 3.63) is 41.5 Å². The van der Waals surface area contributed by atoms with Crippen molar-refractivity contribution in [2.75, 3.05) is 0 Å². The van der Waals surface area contributed by atoms with Crippen LogP contribution in [0.5, 0.6) is 0 Å². The van der Waals surface area contributed by atoms with E-state index >= 15 is 0 Å². The number of carbonyl (C=O) groups is 1. The lowest BCUT2D eigenvalue weighted by Crippen LogP contribution is -1.99. The third kappa shape index (κ3) is 2.45. The van der Waals surface area contributed by atoms with Crippen molar-refractivity contribution in [1.82, 2.24) is 0 Å². The third-order valence-corrected chi connectivity index (χ3v) is 2.59. The maximum absolute atomic E-state index is 10.8. The number of aliphatic carboxylic acids is 1. The largest absolute Gasteiger partial charge is 0.478 e. The minimum absolute atomic E-state index is 0.339. The Morgan fingerprint density at radius 1 is 1.43 bits per heavy atom. The lowest BCUT2D eigenvalue weighted by atomic mass is 10.0. The Morgan fingerprint density at radius 3 is 2.36 bits per heavy atom. The van der Waals surface area contributed by atoms with E-state index < -0.39 is 5.97 Å². The van der Waals surface area contributed by atoms with Crippen LogP contribution in [0.25, 0.3) is 5.57 Å². The van der Waals surface area contributed by atoms with Gasteiger partial charge in [0.05, 0.1) is 5.57 Å². The molecule has 2 nitrogen and oxygen atoms in total. The molecule has 1 N–H and O–H groups in total. The zero-order chi connectivity index (χ0) is 10.6. The molecule has 0 spiro atoms. The van der Waals surface area contributed by atoms with Crippen molar-refractivity contribution < 1.29 is 9.90 Å². The van der Waals surface area contributed by atoms with Gasteiger partial charge in [-0.3, -0.25) is 0 Å². The molecule has 0 aliphatic rings. The highest BCUT2D eigenvalue weighted by Crippen LogP contribution is 2.16. The molecule has 74 valence electrons. The van der Waals surface area contributed by atoms with E-state index in [9.17, 15) is 4.79 Å². The highest BCUT2D eigenvalue weighted by atomic mass is 79.9. The summed E-state index contributed by atoms with van der Waals surface area (Å²) in [5, 5.41) is 9.66. The van der Waals surface area contributed by atoms with E-state index in [1.165, 1.54) is 0 Å². The Hall–Kier alpha value is -1.09. The first kappa shape index (κ1) is 11.0. The van der Waals surface area contributed by atoms with Gasteiger partial charge in [-0.15, -0.1) is 0 Å². The van der Waals surface area contributed by atoms with Crippen LogP contribution in [-0.4, -0.2) is 11.1 Å². The topological polar surface area (TPSA) is 37.3 Å². The summed E-state index contributed by atoms with van der Waals surface area (Å²) in [5.41, 5.74) is 2.21. The highest BCUT2D eigenvalue weighted by Gasteiger charge is 2.07. The number of hydrogen-bond donors (Lipinski definition) is 1. The van der Waals surface area contributed by atoms with Gasteiger partial charge in [0, 0.05) is 5.33 Å². The molecular formula is C11H11BrO2. The Labute approximate surface area is 91.4 Å². The van der Waals surface area contributed by atoms with Crippen LogP contribution < -0.4 is 0 Å². The van der Waals surface area contributed by atoms with Gasteiger partial charge in [0.25, 0.3) is 0 Å². The number of benzene rings is 1. The molecule has 0 saturated heterocycles. The molecule has 0 unspecified atom stereocenters. The molecule has 0 heterocycles. The summed E-state index contributed by atoms with van der Waals surface area (Å²) in [6.07, 6.45) is 1.60. The van der Waals surface area contributed by atoms with E-state index in [0.717, 1.165) is 16.5 Å². The van der Waals surface area contributed by atoms with Crippen LogP contribution in [0.2, 0.25) is 0 Å². The van der Waals surface area contributed by atoms with Gasteiger partial charge in [-0.2, -0.15) is 0 Å². The maximum atomic E-state index is 10.8. The Kier molecular flexibility index (Phi) is 3.89. The molecule has 0 aromatic heterocycles. The van der Waals surface area contributed by atoms with Crippen molar-refractivity contribution in [3.63, 3.8) is 0 Å². The average Bonchev–Trinajstić information content (AvgIpc) is 2.19. The standard InChI is InChI=1S/C11H11BrO2/c1-2-10(11(13)14)9-5-3-8(7-12)4-6-9/h2-6H,7H2,1H3,(H,13,14)/b10-2+. The van der Waals surface area contributed by atoms with Crippen LogP contribution in [-0.2, 0) is 10.1 Å². The van der Waals surface area contributed by atoms with Gasteiger partial charge in [-0.1, -0.05) is 46.3 Å². The molecule has 0 aliphatic heterocycles. The number of carboxylic acids is 1. The summed E-state index contributed by atoms with van der Waals surface area (Å²) < 4.78 is 0. The van der Waals surface area contributed by atoms with Gasteiger partial charge in [0.15, 0.2) is 0 Å². The second-order valence-electron chi connectivity index (χ2n) is 2.84. The molecule has 0 aliphatic carbocycles. The molecule has 14 heavy (non-hydrogen) atoms. The van der Waals surface area contributed by atoms with Crippen molar-refractivity contribution in [1.29, 1.82) is 0 Å². The first-order valence-corrected chi connectivity index (χ1v) is 5.36. The van der Waals surface area contributed by atoms with Crippen LogP contribution in [0.3, 0.4) is 0 Å². The second kappa shape index (κ2) is 4.96. The van der Waals surface area contributed by atoms with E-state index in [1.807, 2.05) is 24.3 Å². The van der Waals surface area contributed by atoms with E-state index in [4.69, 9.17) is 5.11 Å². The molecule has 1 aromatic rings. The number of alkyl halides is 1. The van der Waals surface area contributed by atoms with Crippen LogP contribution in [0, 0.1) is 0 Å². The minimum Gasteiger partial charge on any atom is -0.478 e. The first-order chi connectivity index (χ1) is 6.69. The first-order valence-electron chi connectivity index (χ1n) is 4.24. The van der Waals surface area contributed by atoms with E-state index in [1.54, 1.807) is 13.0 Å². The van der Waals surface area contributed by atoms with Crippen molar-refractivity contribution in [3.8, 4) is 0 Å². The van der Waals surface area contributed by atoms with Crippen LogP contribution in [0.4, 0.5) is 0 Å². The third-order valence-electron chi connectivity index (χ3n) is 1.94. The van der Waals surface area contributed by atoms with E-state index in [2.05, 4.69) is 15.9 Å². The fourth-order valence-electron chi connectivity index (χ4n) is 1.19. The number of rotatable bonds is 3. The summed E-state index contributed by atoms with van der Waals surface area (Å²) in [6, 6.07) is 7.47. The van der Waals surface area contributed by atoms with Crippen LogP contribution in [0.1, 0.15) is 18.1 Å². The second-order valence-corrected chi connectivity index (χ2v) is 3.40. The fraction of sp³-hybridized carbons (Fsp3) is 0.182. The van der Waals surface area contributed by atoms with Gasteiger partial charge < -0.3 is 5.11 Å². The van der Waals surface area contributed by atoms with Gasteiger partial charge in [-0.05, 0) is 18.1 Å². The smallest absolute Gasteiger partial charge is 0.335 e. The average molecular weight is 255 g/mol. The number of allylic oxidation sites excluding steroid dienone is 1. The highest BCUT2D eigenvalue weighted by molar-refractivity contribution is 9.08. The Morgan fingerprint density at radius 2 is 2.00 bits per heavy atom. The lowest BCUT2D eigenvalue weighted by Gasteiger charge is -2.02. The molecule has 0 atom stereocenters. The molecule has 3 heteroatoms. The van der Waals surface area contributed by atoms with Gasteiger partial charge in [0.1, 0.15) is 0 Å². The van der Waals surface area contributed by atoms with Crippen molar-refractivity contribution in [2.24, 2.45) is 0 Å². The molecule has 0 amide bonds. The quantitative estimate of drug-likeness (QED) is 0.665. The maximum Gasteiger partial charge on any atom is 0.335 e. The summed E-state index contributed by atoms with van der Waals surface area (Å²) >= 11 is 3.33. The molecule has 0 saturated carbocycles. The van der Waals surface area contributed by atoms with Crippen LogP contribution in [0.15, 0.2) is 30.3 Å². The van der Waals surface area contributed by atoms with Crippen LogP contribution >= 0.6 is 15.9 Å². The molecule has 0 fully saturated rings. The van der Waals surface area contributed by atoms with E-state index in [-0.39, 0.29) is 0 Å². The van der Waals surface area contributed by atoms with Gasteiger partial charge in [0.2, 0.25) is 0 Å². The molecule has 0 bridgehead atoms. The lowest BCUT2D eigenvalue weighted by molar-refractivity contribution is -0.130. The van der Waals surface area contributed by atoms with Crippen molar-refractivity contribution >= 4 is 27.5 Å². The predicted molar refractivity (Wildman–Crippen MR) is 60.4 cm³/mol. The van der Waals surface area contributed by atoms with Gasteiger partial charge in [-0.25, -0.2) is 4.79 Å². The monoisotopic (exact) mass is 254 g/mol. The zero-order valence-electron chi connectivity index (χ0n) is 7.83. The minimum atomic E-state index is -0.890. The molecular weight excluding hydrogens is 244 g/mol. The Balaban J connectivity index is 3.02. The normalized spacial score (nSPS) is 11.4. The Bertz CT molecular complexity index is 352. The summed E-state index contributed by atoms with van der Waals surface area (Å²) in [7, 11) is 0. The fourth-order valence-corrected chi connectivity index (χ4v) is 1.56. The summed E-state index contributed by atoms with van der Waals surface area (Å²) in [4.78, 5) is 10.8. The van der Waals surface area contributed by atoms with Crippen molar-refractivity contribution in [2.45, 2.75) is 12.3 Å². The molecule has 0 radical (unpaired) electrons. The molecule has 1 rings (SSSR count). The zero-order valence-corrected chi connectivity index (χ0v) is 9.41. The SMILES string of the molecule is C/C=C(/C(=O)O)c1ccc(CBr)cc1. The van der Waals surface area contributed by atoms with Gasteiger partial charge >= 0.3 is 5.97 Å². The summed E-state index contributed by atoms with van der Waals surface area (Å²) in [6.45, 7) is 1.72.